The average Bonchev–Trinajstić information content (AvgIpc) is 2.59. The molecule has 110 valence electrons. The van der Waals surface area contributed by atoms with Crippen molar-refractivity contribution in [1.29, 1.82) is 5.26 Å². The predicted octanol–water partition coefficient (Wildman–Crippen LogP) is 3.55. The second kappa shape index (κ2) is 7.09. The lowest BCUT2D eigenvalue weighted by molar-refractivity contribution is 0.0600. The number of allylic oxidation sites excluding steroid dienone is 1. The summed E-state index contributed by atoms with van der Waals surface area (Å²) in [5.41, 5.74) is 2.65. The summed E-state index contributed by atoms with van der Waals surface area (Å²) in [7, 11) is 2.94. The van der Waals surface area contributed by atoms with Gasteiger partial charge in [0.05, 0.1) is 31.4 Å². The number of nitriles is 1. The van der Waals surface area contributed by atoms with Crippen molar-refractivity contribution in [2.75, 3.05) is 14.2 Å². The van der Waals surface area contributed by atoms with Crippen molar-refractivity contribution in [3.8, 4) is 11.8 Å². The predicted molar refractivity (Wildman–Crippen MR) is 84.3 cm³/mol. The van der Waals surface area contributed by atoms with Crippen LogP contribution in [0.5, 0.6) is 5.75 Å². The van der Waals surface area contributed by atoms with E-state index in [0.29, 0.717) is 11.1 Å². The fourth-order valence-electron chi connectivity index (χ4n) is 1.95. The number of methoxy groups -OCH3 is 2. The highest BCUT2D eigenvalue weighted by Gasteiger charge is 2.05. The Morgan fingerprint density at radius 2 is 1.59 bits per heavy atom. The molecule has 0 spiro atoms. The van der Waals surface area contributed by atoms with Crippen molar-refractivity contribution < 1.29 is 14.3 Å². The molecule has 0 aliphatic rings. The highest BCUT2D eigenvalue weighted by Crippen LogP contribution is 2.21. The van der Waals surface area contributed by atoms with Crippen LogP contribution in [0.4, 0.5) is 0 Å². The Morgan fingerprint density at radius 1 is 1.00 bits per heavy atom. The van der Waals surface area contributed by atoms with Gasteiger partial charge in [-0.2, -0.15) is 5.26 Å². The first-order chi connectivity index (χ1) is 10.7. The number of rotatable bonds is 4. The maximum atomic E-state index is 11.4. The second-order valence-electron chi connectivity index (χ2n) is 4.51. The van der Waals surface area contributed by atoms with Gasteiger partial charge in [-0.15, -0.1) is 0 Å². The summed E-state index contributed by atoms with van der Waals surface area (Å²) in [5, 5.41) is 9.32. The summed E-state index contributed by atoms with van der Waals surface area (Å²) in [6, 6.07) is 16.3. The van der Waals surface area contributed by atoms with E-state index in [9.17, 15) is 10.1 Å². The van der Waals surface area contributed by atoms with Gasteiger partial charge in [0.1, 0.15) is 5.75 Å². The summed E-state index contributed by atoms with van der Waals surface area (Å²) in [4.78, 5) is 11.4. The summed E-state index contributed by atoms with van der Waals surface area (Å²) in [6.45, 7) is 0. The third-order valence-electron chi connectivity index (χ3n) is 3.16. The lowest BCUT2D eigenvalue weighted by atomic mass is 10.0. The Kier molecular flexibility index (Phi) is 4.94. The van der Waals surface area contributed by atoms with Crippen LogP contribution in [0.3, 0.4) is 0 Å². The first kappa shape index (κ1) is 15.3. The number of carbonyl (C=O) groups excluding carboxylic acids is 1. The van der Waals surface area contributed by atoms with E-state index in [1.807, 2.05) is 12.1 Å². The minimum absolute atomic E-state index is 0.383. The van der Waals surface area contributed by atoms with E-state index < -0.39 is 0 Å². The number of benzene rings is 2. The summed E-state index contributed by atoms with van der Waals surface area (Å²) in [5.74, 6) is 0.356. The van der Waals surface area contributed by atoms with Crippen LogP contribution in [0.25, 0.3) is 11.6 Å². The first-order valence-corrected chi connectivity index (χ1v) is 6.62. The van der Waals surface area contributed by atoms with Gasteiger partial charge in [-0.25, -0.2) is 4.79 Å². The van der Waals surface area contributed by atoms with E-state index in [4.69, 9.17) is 4.74 Å². The maximum Gasteiger partial charge on any atom is 0.337 e. The van der Waals surface area contributed by atoms with Crippen LogP contribution in [-0.4, -0.2) is 20.2 Å². The van der Waals surface area contributed by atoms with Gasteiger partial charge in [0.15, 0.2) is 0 Å². The number of carbonyl (C=O) groups is 1. The molecule has 0 aliphatic heterocycles. The minimum Gasteiger partial charge on any atom is -0.497 e. The highest BCUT2D eigenvalue weighted by atomic mass is 16.5. The van der Waals surface area contributed by atoms with Gasteiger partial charge in [0, 0.05) is 0 Å². The zero-order valence-electron chi connectivity index (χ0n) is 12.4. The van der Waals surface area contributed by atoms with Crippen molar-refractivity contribution in [2.24, 2.45) is 0 Å². The van der Waals surface area contributed by atoms with Gasteiger partial charge in [-0.1, -0.05) is 12.1 Å². The Labute approximate surface area is 129 Å². The molecule has 0 saturated carbocycles. The number of hydrogen-bond donors (Lipinski definition) is 0. The van der Waals surface area contributed by atoms with E-state index >= 15 is 0 Å². The van der Waals surface area contributed by atoms with Crippen LogP contribution in [-0.2, 0) is 4.74 Å². The molecule has 0 saturated heterocycles. The third-order valence-corrected chi connectivity index (χ3v) is 3.16. The molecule has 2 aromatic carbocycles. The smallest absolute Gasteiger partial charge is 0.337 e. The second-order valence-corrected chi connectivity index (χ2v) is 4.51. The fourth-order valence-corrected chi connectivity index (χ4v) is 1.95. The van der Waals surface area contributed by atoms with Crippen LogP contribution >= 0.6 is 0 Å². The molecule has 2 rings (SSSR count). The van der Waals surface area contributed by atoms with Crippen LogP contribution in [0.1, 0.15) is 21.5 Å². The zero-order valence-corrected chi connectivity index (χ0v) is 12.4. The van der Waals surface area contributed by atoms with Gasteiger partial charge < -0.3 is 9.47 Å². The van der Waals surface area contributed by atoms with Crippen LogP contribution in [0.15, 0.2) is 48.5 Å². The topological polar surface area (TPSA) is 59.3 Å². The highest BCUT2D eigenvalue weighted by molar-refractivity contribution is 5.92. The average molecular weight is 293 g/mol. The molecule has 0 bridgehead atoms. The van der Waals surface area contributed by atoms with Gasteiger partial charge in [-0.3, -0.25) is 0 Å². The quantitative estimate of drug-likeness (QED) is 0.491. The SMILES string of the molecule is COC(=O)c1ccc(/C=C(\C#N)c2ccc(OC)cc2)cc1. The normalized spacial score (nSPS) is 10.7. The molecule has 4 heteroatoms. The van der Waals surface area contributed by atoms with Gasteiger partial charge in [0.25, 0.3) is 0 Å². The van der Waals surface area contributed by atoms with E-state index in [1.165, 1.54) is 7.11 Å². The molecule has 0 amide bonds. The largest absolute Gasteiger partial charge is 0.497 e. The van der Waals surface area contributed by atoms with Gasteiger partial charge >= 0.3 is 5.97 Å². The molecule has 0 aromatic heterocycles. The van der Waals surface area contributed by atoms with Crippen LogP contribution in [0, 0.1) is 11.3 Å². The van der Waals surface area contributed by atoms with Crippen molar-refractivity contribution in [2.45, 2.75) is 0 Å². The van der Waals surface area contributed by atoms with Crippen molar-refractivity contribution >= 4 is 17.6 Å². The summed E-state index contributed by atoms with van der Waals surface area (Å²) >= 11 is 0. The van der Waals surface area contributed by atoms with Crippen molar-refractivity contribution in [1.82, 2.24) is 0 Å². The molecule has 0 N–H and O–H groups in total. The maximum absolute atomic E-state index is 11.4. The molecule has 0 unspecified atom stereocenters. The minimum atomic E-state index is -0.383. The standard InChI is InChI=1S/C18H15NO3/c1-21-17-9-7-14(8-10-17)16(12-19)11-13-3-5-15(6-4-13)18(20)22-2/h3-11H,1-2H3/b16-11+. The lowest BCUT2D eigenvalue weighted by Crippen LogP contribution is -2.00. The summed E-state index contributed by atoms with van der Waals surface area (Å²) in [6.07, 6.45) is 1.77. The first-order valence-electron chi connectivity index (χ1n) is 6.62. The van der Waals surface area contributed by atoms with E-state index in [1.54, 1.807) is 49.6 Å². The fraction of sp³-hybridized carbons (Fsp3) is 0.111. The molecular weight excluding hydrogens is 278 g/mol. The third kappa shape index (κ3) is 3.53. The Balaban J connectivity index is 2.28. The molecule has 22 heavy (non-hydrogen) atoms. The van der Waals surface area contributed by atoms with Crippen LogP contribution in [0.2, 0.25) is 0 Å². The molecule has 2 aromatic rings. The number of ether oxygens (including phenoxy) is 2. The van der Waals surface area contributed by atoms with E-state index in [0.717, 1.165) is 16.9 Å². The Hall–Kier alpha value is -3.06. The summed E-state index contributed by atoms with van der Waals surface area (Å²) < 4.78 is 9.75. The molecule has 0 aliphatic carbocycles. The van der Waals surface area contributed by atoms with Crippen LogP contribution < -0.4 is 4.74 Å². The zero-order chi connectivity index (χ0) is 15.9. The van der Waals surface area contributed by atoms with Gasteiger partial charge in [0.2, 0.25) is 0 Å². The molecule has 0 radical (unpaired) electrons. The van der Waals surface area contributed by atoms with Gasteiger partial charge in [-0.05, 0) is 53.6 Å². The molecule has 0 fully saturated rings. The lowest BCUT2D eigenvalue weighted by Gasteiger charge is -2.03. The Morgan fingerprint density at radius 3 is 2.09 bits per heavy atom. The van der Waals surface area contributed by atoms with E-state index in [-0.39, 0.29) is 5.97 Å². The molecule has 0 atom stereocenters. The monoisotopic (exact) mass is 293 g/mol. The van der Waals surface area contributed by atoms with Crippen molar-refractivity contribution in [3.05, 3.63) is 65.2 Å². The number of esters is 1. The number of nitrogens with zero attached hydrogens (tertiary/aromatic N) is 1. The van der Waals surface area contributed by atoms with Crippen molar-refractivity contribution in [3.63, 3.8) is 0 Å². The molecule has 4 nitrogen and oxygen atoms in total. The Bertz CT molecular complexity index is 722. The molecule has 0 heterocycles. The number of hydrogen-bond acceptors (Lipinski definition) is 4. The van der Waals surface area contributed by atoms with E-state index in [2.05, 4.69) is 10.8 Å². The molecular formula is C18H15NO3.